The Morgan fingerprint density at radius 3 is 1.56 bits per heavy atom. The zero-order valence-electron chi connectivity index (χ0n) is 11.3. The number of ether oxygens (including phenoxy) is 1. The highest BCUT2D eigenvalue weighted by Crippen LogP contribution is 2.42. The monoisotopic (exact) mass is 490 g/mol. The van der Waals surface area contributed by atoms with E-state index in [9.17, 15) is 6.87 Å². The lowest BCUT2D eigenvalue weighted by molar-refractivity contribution is -1.33. The highest BCUT2D eigenvalue weighted by Gasteiger charge is 2.61. The van der Waals surface area contributed by atoms with E-state index in [1.165, 1.54) is 7.11 Å². The first-order chi connectivity index (χ1) is 8.08. The maximum Gasteiger partial charge on any atom is 0.476 e. The van der Waals surface area contributed by atoms with Gasteiger partial charge >= 0.3 is 44.1 Å². The molecule has 0 amide bonds. The predicted octanol–water partition coefficient (Wildman–Crippen LogP) is -7.16. The molecule has 0 fully saturated rings. The first-order valence-electron chi connectivity index (χ1n) is 5.11. The van der Waals surface area contributed by atoms with Gasteiger partial charge in [-0.3, -0.25) is 0 Å². The van der Waals surface area contributed by atoms with Gasteiger partial charge in [-0.15, -0.1) is 0 Å². The van der Waals surface area contributed by atoms with E-state index < -0.39 is 60.7 Å². The molecule has 0 aromatic heterocycles. The van der Waals surface area contributed by atoms with Crippen LogP contribution in [0.4, 0.5) is 0 Å². The van der Waals surface area contributed by atoms with Gasteiger partial charge in [0.15, 0.2) is 0 Å². The van der Waals surface area contributed by atoms with Crippen molar-refractivity contribution >= 4 is 0 Å². The van der Waals surface area contributed by atoms with E-state index >= 15 is 0 Å². The van der Waals surface area contributed by atoms with Gasteiger partial charge < -0.3 is 17.3 Å². The number of halogens is 2. The summed E-state index contributed by atoms with van der Waals surface area (Å²) in [5.74, 6) is 0. The van der Waals surface area contributed by atoms with Crippen molar-refractivity contribution in [1.82, 2.24) is 5.23 Å². The second-order valence-electron chi connectivity index (χ2n) is 5.34. The zero-order valence-corrected chi connectivity index (χ0v) is 15.6. The van der Waals surface area contributed by atoms with E-state index in [-0.39, 0.29) is 0 Å². The van der Waals surface area contributed by atoms with Crippen molar-refractivity contribution in [2.45, 2.75) is 45.9 Å². The lowest BCUT2D eigenvalue weighted by Crippen LogP contribution is -3.72. The standard InChI is InChI=1S/C9H20I2N2O5/c1-7(2,3)9(16-6,8(4,5)12)13(17-10-14)18-11-15/h12H2,1-6H3. The van der Waals surface area contributed by atoms with Crippen LogP contribution in [0.5, 0.6) is 0 Å². The molecule has 1 atom stereocenters. The zero-order chi connectivity index (χ0) is 14.6. The number of hydrogen-bond acceptors (Lipinski definition) is 7. The van der Waals surface area contributed by atoms with Crippen molar-refractivity contribution in [2.75, 3.05) is 7.11 Å². The van der Waals surface area contributed by atoms with Crippen LogP contribution in [0, 0.1) is 5.41 Å². The Balaban J connectivity index is 5.68. The molecule has 9 heteroatoms. The molecule has 1 unspecified atom stereocenters. The maximum atomic E-state index is 10.8. The molecular weight excluding hydrogens is 470 g/mol. The molecule has 0 saturated carbocycles. The lowest BCUT2D eigenvalue weighted by Gasteiger charge is -2.51. The van der Waals surface area contributed by atoms with E-state index in [0.29, 0.717) is 0 Å². The summed E-state index contributed by atoms with van der Waals surface area (Å²) in [5, 5.41) is 0.896. The Labute approximate surface area is 131 Å². The van der Waals surface area contributed by atoms with Gasteiger partial charge in [-0.2, -0.15) is 0 Å². The van der Waals surface area contributed by atoms with Crippen LogP contribution in [0.1, 0.15) is 34.6 Å². The summed E-state index contributed by atoms with van der Waals surface area (Å²) in [6, 6.07) is 0. The normalized spacial score (nSPS) is 17.0. The maximum absolute atomic E-state index is 10.8. The lowest BCUT2D eigenvalue weighted by atomic mass is 9.72. The van der Waals surface area contributed by atoms with Crippen molar-refractivity contribution in [3.63, 3.8) is 0 Å². The van der Waals surface area contributed by atoms with Gasteiger partial charge in [0.25, 0.3) is 0 Å². The summed E-state index contributed by atoms with van der Waals surface area (Å²) in [6.45, 7) is 9.08. The first-order valence-corrected chi connectivity index (χ1v) is 8.63. The molecule has 0 aliphatic carbocycles. The smallest absolute Gasteiger partial charge is 0.476 e. The fraction of sp³-hybridized carbons (Fsp3) is 1.00. The Kier molecular flexibility index (Phi) is 7.74. The van der Waals surface area contributed by atoms with Crippen LogP contribution < -0.4 is 56.7 Å². The van der Waals surface area contributed by atoms with E-state index in [0.717, 1.165) is 5.23 Å². The van der Waals surface area contributed by atoms with Gasteiger partial charge in [0.2, 0.25) is 5.72 Å². The summed E-state index contributed by atoms with van der Waals surface area (Å²) < 4.78 is 37.1. The third kappa shape index (κ3) is 3.85. The Hall–Kier alpha value is 1.18. The van der Waals surface area contributed by atoms with Crippen molar-refractivity contribution < 1.29 is 62.0 Å². The summed E-state index contributed by atoms with van der Waals surface area (Å²) >= 11 is -3.64. The number of hydrogen-bond donors (Lipinski definition) is 1. The highest BCUT2D eigenvalue weighted by atomic mass is 127. The van der Waals surface area contributed by atoms with Gasteiger partial charge in [-0.25, -0.2) is 0 Å². The molecule has 0 aromatic rings. The topological polar surface area (TPSA) is 103 Å². The van der Waals surface area contributed by atoms with Crippen molar-refractivity contribution in [1.29, 1.82) is 0 Å². The van der Waals surface area contributed by atoms with Crippen molar-refractivity contribution in [3.05, 3.63) is 0 Å². The van der Waals surface area contributed by atoms with Crippen LogP contribution in [0.2, 0.25) is 0 Å². The summed E-state index contributed by atoms with van der Waals surface area (Å²) in [7, 11) is 1.45. The number of nitrogens with zero attached hydrogens (tertiary/aromatic N) is 1. The minimum Gasteiger partial charge on any atom is -0.566 e. The number of nitrogens with two attached hydrogens (primary N) is 1. The summed E-state index contributed by atoms with van der Waals surface area (Å²) in [5.41, 5.74) is 3.46. The van der Waals surface area contributed by atoms with E-state index in [1.807, 2.05) is 20.8 Å². The molecule has 7 nitrogen and oxygen atoms in total. The largest absolute Gasteiger partial charge is 0.566 e. The van der Waals surface area contributed by atoms with Gasteiger partial charge in [-0.1, -0.05) is 20.8 Å². The van der Waals surface area contributed by atoms with Crippen molar-refractivity contribution in [2.24, 2.45) is 11.1 Å². The molecule has 2 N–H and O–H groups in total. The summed E-state index contributed by atoms with van der Waals surface area (Å²) in [4.78, 5) is 0. The van der Waals surface area contributed by atoms with E-state index in [1.54, 1.807) is 13.8 Å². The third-order valence-electron chi connectivity index (χ3n) is 2.62. The quantitative estimate of drug-likeness (QED) is 0.215. The second-order valence-corrected chi connectivity index (χ2v) is 6.85. The third-order valence-corrected chi connectivity index (χ3v) is 3.66. The minimum absolute atomic E-state index is 0.544. The second kappa shape index (κ2) is 7.26. The van der Waals surface area contributed by atoms with Crippen LogP contribution in [-0.2, 0) is 11.1 Å². The fourth-order valence-corrected chi connectivity index (χ4v) is 3.59. The average Bonchev–Trinajstić information content (AvgIpc) is 2.15. The Morgan fingerprint density at radius 1 is 1.00 bits per heavy atom. The SMILES string of the molecule is COC(N(O[I+][O-])O[I+][O-])(C(C)(C)C)C(C)(C)N. The van der Waals surface area contributed by atoms with Gasteiger partial charge in [0, 0.05) is 12.5 Å². The van der Waals surface area contributed by atoms with Crippen LogP contribution in [0.15, 0.2) is 0 Å². The molecule has 0 radical (unpaired) electrons. The number of methoxy groups -OCH3 is 1. The molecule has 0 bridgehead atoms. The fourth-order valence-electron chi connectivity index (χ4n) is 2.28. The molecule has 0 rings (SSSR count). The van der Waals surface area contributed by atoms with Crippen LogP contribution in [0.3, 0.4) is 0 Å². The number of hydroxylamine groups is 2. The number of rotatable bonds is 7. The molecule has 110 valence electrons. The van der Waals surface area contributed by atoms with Crippen molar-refractivity contribution in [3.8, 4) is 0 Å². The average molecular weight is 490 g/mol. The highest BCUT2D eigenvalue weighted by molar-refractivity contribution is 5.02. The van der Waals surface area contributed by atoms with Crippen LogP contribution in [0.25, 0.3) is 0 Å². The van der Waals surface area contributed by atoms with E-state index in [4.69, 9.17) is 16.8 Å². The Bertz CT molecular complexity index is 234. The van der Waals surface area contributed by atoms with Gasteiger partial charge in [0.1, 0.15) is 0 Å². The molecule has 18 heavy (non-hydrogen) atoms. The van der Waals surface area contributed by atoms with E-state index in [2.05, 4.69) is 0 Å². The molecule has 0 heterocycles. The molecule has 0 aliphatic rings. The molecular formula is C9H20I2N2O5. The molecule has 0 aromatic carbocycles. The molecule has 0 spiro atoms. The van der Waals surface area contributed by atoms with Crippen LogP contribution in [-0.4, -0.2) is 23.6 Å². The van der Waals surface area contributed by atoms with Gasteiger partial charge in [-0.05, 0) is 20.2 Å². The first kappa shape index (κ1) is 19.2. The Morgan fingerprint density at radius 2 is 1.39 bits per heavy atom. The van der Waals surface area contributed by atoms with Crippen LogP contribution >= 0.6 is 0 Å². The molecule has 0 aliphatic heterocycles. The predicted molar refractivity (Wildman–Crippen MR) is 51.5 cm³/mol. The van der Waals surface area contributed by atoms with Gasteiger partial charge in [0.05, 0.1) is 10.8 Å². The molecule has 0 saturated heterocycles. The minimum atomic E-state index is -1.82. The summed E-state index contributed by atoms with van der Waals surface area (Å²) in [6.07, 6.45) is 0.